The molecule has 3 heterocycles. The molecule has 0 bridgehead atoms. The van der Waals surface area contributed by atoms with Gasteiger partial charge in [0.2, 0.25) is 0 Å². The first-order valence-corrected chi connectivity index (χ1v) is 9.39. The van der Waals surface area contributed by atoms with Gasteiger partial charge in [0.15, 0.2) is 5.13 Å². The summed E-state index contributed by atoms with van der Waals surface area (Å²) in [6.45, 7) is 0. The molecule has 0 spiro atoms. The van der Waals surface area contributed by atoms with Crippen molar-refractivity contribution in [2.75, 3.05) is 5.32 Å². The van der Waals surface area contributed by atoms with E-state index < -0.39 is 12.3 Å². The van der Waals surface area contributed by atoms with Crippen LogP contribution in [-0.4, -0.2) is 32.0 Å². The highest BCUT2D eigenvalue weighted by Crippen LogP contribution is 2.32. The molecule has 28 heavy (non-hydrogen) atoms. The van der Waals surface area contributed by atoms with Gasteiger partial charge in [-0.3, -0.25) is 14.8 Å². The number of ether oxygens (including phenoxy) is 1. The minimum atomic E-state index is -4.77. The van der Waals surface area contributed by atoms with Crippen LogP contribution in [0, 0.1) is 0 Å². The zero-order chi connectivity index (χ0) is 19.9. The number of carbonyl (C=O) groups is 1. The highest BCUT2D eigenvalue weighted by atomic mass is 32.1. The largest absolute Gasteiger partial charge is 0.573 e. The van der Waals surface area contributed by atoms with E-state index in [9.17, 15) is 18.0 Å². The molecule has 0 radical (unpaired) electrons. The van der Waals surface area contributed by atoms with Crippen molar-refractivity contribution in [3.05, 3.63) is 41.7 Å². The quantitative estimate of drug-likeness (QED) is 0.527. The second kappa shape index (κ2) is 6.87. The lowest BCUT2D eigenvalue weighted by Gasteiger charge is -2.07. The van der Waals surface area contributed by atoms with E-state index in [1.54, 1.807) is 29.5 Å². The Morgan fingerprint density at radius 2 is 2.11 bits per heavy atom. The monoisotopic (exact) mass is 425 g/mol. The Balaban J connectivity index is 1.51. The van der Waals surface area contributed by atoms with Crippen LogP contribution in [0.25, 0.3) is 20.8 Å². The van der Waals surface area contributed by atoms with Gasteiger partial charge >= 0.3 is 6.36 Å². The Morgan fingerprint density at radius 3 is 2.82 bits per heavy atom. The maximum absolute atomic E-state index is 12.4. The Morgan fingerprint density at radius 1 is 1.29 bits per heavy atom. The van der Waals surface area contributed by atoms with Crippen molar-refractivity contribution in [1.82, 2.24) is 19.7 Å². The average Bonchev–Trinajstić information content (AvgIpc) is 3.31. The van der Waals surface area contributed by atoms with Crippen LogP contribution in [0.3, 0.4) is 0 Å². The summed E-state index contributed by atoms with van der Waals surface area (Å²) in [5, 5.41) is 9.19. The fraction of sp³-hybridized carbons (Fsp3) is 0.125. The number of halogens is 3. The van der Waals surface area contributed by atoms with Crippen LogP contribution >= 0.6 is 22.7 Å². The van der Waals surface area contributed by atoms with Crippen molar-refractivity contribution in [2.24, 2.45) is 7.05 Å². The number of anilines is 1. The molecule has 7 nitrogen and oxygen atoms in total. The number of benzene rings is 1. The molecule has 0 saturated heterocycles. The maximum Gasteiger partial charge on any atom is 0.573 e. The molecule has 0 aliphatic heterocycles. The second-order valence-corrected chi connectivity index (χ2v) is 7.48. The van der Waals surface area contributed by atoms with Crippen LogP contribution in [0.1, 0.15) is 10.5 Å². The molecule has 1 amide bonds. The van der Waals surface area contributed by atoms with Crippen LogP contribution in [0.15, 0.2) is 36.0 Å². The number of nitrogens with one attached hydrogen (secondary N) is 1. The number of fused-ring (bicyclic) bond motifs is 1. The molecule has 0 aliphatic carbocycles. The lowest BCUT2D eigenvalue weighted by atomic mass is 10.3. The van der Waals surface area contributed by atoms with E-state index in [1.165, 1.54) is 29.5 Å². The Hall–Kier alpha value is -2.99. The van der Waals surface area contributed by atoms with Crippen molar-refractivity contribution >= 4 is 43.9 Å². The molecule has 0 unspecified atom stereocenters. The lowest BCUT2D eigenvalue weighted by molar-refractivity contribution is -0.274. The summed E-state index contributed by atoms with van der Waals surface area (Å²) >= 11 is 2.34. The predicted molar refractivity (Wildman–Crippen MR) is 98.6 cm³/mol. The van der Waals surface area contributed by atoms with E-state index >= 15 is 0 Å². The van der Waals surface area contributed by atoms with Gasteiger partial charge in [0.1, 0.15) is 16.5 Å². The lowest BCUT2D eigenvalue weighted by Crippen LogP contribution is -2.16. The van der Waals surface area contributed by atoms with E-state index in [4.69, 9.17) is 0 Å². The van der Waals surface area contributed by atoms with Crippen LogP contribution < -0.4 is 10.1 Å². The molecular weight excluding hydrogens is 415 g/mol. The van der Waals surface area contributed by atoms with E-state index in [-0.39, 0.29) is 16.6 Å². The summed E-state index contributed by atoms with van der Waals surface area (Å²) < 4.78 is 43.0. The molecule has 144 valence electrons. The number of alkyl halides is 3. The molecule has 1 N–H and O–H groups in total. The van der Waals surface area contributed by atoms with Crippen molar-refractivity contribution in [1.29, 1.82) is 0 Å². The minimum Gasteiger partial charge on any atom is -0.406 e. The predicted octanol–water partition coefficient (Wildman–Crippen LogP) is 4.30. The number of rotatable bonds is 4. The molecule has 4 aromatic rings. The summed E-state index contributed by atoms with van der Waals surface area (Å²) in [6, 6.07) is 3.78. The summed E-state index contributed by atoms with van der Waals surface area (Å²) in [5.41, 5.74) is 1.46. The molecule has 1 aromatic carbocycles. The van der Waals surface area contributed by atoms with Crippen LogP contribution in [0.4, 0.5) is 18.3 Å². The number of hydrogen-bond donors (Lipinski definition) is 1. The van der Waals surface area contributed by atoms with Crippen molar-refractivity contribution in [3.8, 4) is 16.3 Å². The van der Waals surface area contributed by atoms with Crippen molar-refractivity contribution in [3.63, 3.8) is 0 Å². The molecule has 0 aliphatic rings. The van der Waals surface area contributed by atoms with Gasteiger partial charge in [-0.05, 0) is 12.1 Å². The Bertz CT molecular complexity index is 1160. The van der Waals surface area contributed by atoms with Gasteiger partial charge in [0.25, 0.3) is 5.91 Å². The zero-order valence-electron chi connectivity index (χ0n) is 14.0. The minimum absolute atomic E-state index is 0.212. The van der Waals surface area contributed by atoms with Gasteiger partial charge in [0.05, 0.1) is 16.4 Å². The molecule has 12 heteroatoms. The molecular formula is C16H10F3N5O2S2. The topological polar surface area (TPSA) is 81.9 Å². The van der Waals surface area contributed by atoms with Gasteiger partial charge in [0, 0.05) is 30.3 Å². The van der Waals surface area contributed by atoms with Gasteiger partial charge in [-0.15, -0.1) is 24.5 Å². The molecule has 3 aromatic heterocycles. The number of nitrogens with zero attached hydrogens (tertiary/aromatic N) is 4. The van der Waals surface area contributed by atoms with E-state index in [2.05, 4.69) is 25.1 Å². The van der Waals surface area contributed by atoms with Gasteiger partial charge in [-0.1, -0.05) is 11.3 Å². The second-order valence-electron chi connectivity index (χ2n) is 5.59. The normalized spacial score (nSPS) is 11.7. The van der Waals surface area contributed by atoms with Crippen molar-refractivity contribution < 1.29 is 22.7 Å². The molecule has 0 fully saturated rings. The molecule has 4 rings (SSSR count). The highest BCUT2D eigenvalue weighted by molar-refractivity contribution is 7.22. The summed E-state index contributed by atoms with van der Waals surface area (Å²) in [4.78, 5) is 20.9. The van der Waals surface area contributed by atoms with E-state index in [0.717, 1.165) is 16.9 Å². The number of thiazole rings is 2. The number of aryl methyl sites for hydroxylation is 1. The Labute approximate surface area is 163 Å². The summed E-state index contributed by atoms with van der Waals surface area (Å²) in [6.07, 6.45) is -1.34. The van der Waals surface area contributed by atoms with Gasteiger partial charge < -0.3 is 4.74 Å². The van der Waals surface area contributed by atoms with Crippen LogP contribution in [-0.2, 0) is 7.05 Å². The SMILES string of the molecule is Cn1cc(-c2nc(C(=O)Nc3nc4ccc(OC(F)(F)F)cc4s3)cs2)cn1. The third-order valence-corrected chi connectivity index (χ3v) is 5.33. The first-order valence-electron chi connectivity index (χ1n) is 7.69. The fourth-order valence-electron chi connectivity index (χ4n) is 2.36. The van der Waals surface area contributed by atoms with Crippen LogP contribution in [0.2, 0.25) is 0 Å². The van der Waals surface area contributed by atoms with Crippen molar-refractivity contribution in [2.45, 2.75) is 6.36 Å². The average molecular weight is 425 g/mol. The summed E-state index contributed by atoms with van der Waals surface area (Å²) in [7, 11) is 1.78. The number of aromatic nitrogens is 4. The number of amides is 1. The number of carbonyl (C=O) groups excluding carboxylic acids is 1. The summed E-state index contributed by atoms with van der Waals surface area (Å²) in [5.74, 6) is -0.806. The Kier molecular flexibility index (Phi) is 4.51. The van der Waals surface area contributed by atoms with Gasteiger partial charge in [-0.25, -0.2) is 9.97 Å². The standard InChI is InChI=1S/C16H10F3N5O2S2/c1-24-6-8(5-20-24)14-21-11(7-27-14)13(25)23-15-22-10-3-2-9(4-12(10)28-15)26-16(17,18)19/h2-7H,1H3,(H,22,23,25). The zero-order valence-corrected chi connectivity index (χ0v) is 15.7. The van der Waals surface area contributed by atoms with Crippen LogP contribution in [0.5, 0.6) is 5.75 Å². The third kappa shape index (κ3) is 3.97. The third-order valence-electron chi connectivity index (χ3n) is 3.50. The van der Waals surface area contributed by atoms with E-state index in [1.807, 2.05) is 0 Å². The first-order chi connectivity index (χ1) is 13.3. The van der Waals surface area contributed by atoms with Gasteiger partial charge in [-0.2, -0.15) is 5.10 Å². The first kappa shape index (κ1) is 18.4. The fourth-order valence-corrected chi connectivity index (χ4v) is 4.02. The molecule has 0 saturated carbocycles. The highest BCUT2D eigenvalue weighted by Gasteiger charge is 2.31. The smallest absolute Gasteiger partial charge is 0.406 e. The molecule has 0 atom stereocenters. The number of hydrogen-bond acceptors (Lipinski definition) is 7. The maximum atomic E-state index is 12.4. The van der Waals surface area contributed by atoms with E-state index in [0.29, 0.717) is 15.2 Å².